The highest BCUT2D eigenvalue weighted by Crippen LogP contribution is 2.23. The fraction of sp³-hybridized carbons (Fsp3) is 0.286. The lowest BCUT2D eigenvalue weighted by Crippen LogP contribution is -2.20. The Morgan fingerprint density at radius 1 is 1.04 bits per heavy atom. The lowest BCUT2D eigenvalue weighted by atomic mass is 10.1. The molecule has 0 N–H and O–H groups in total. The lowest BCUT2D eigenvalue weighted by molar-refractivity contribution is -0.154. The van der Waals surface area contributed by atoms with Crippen LogP contribution in [-0.4, -0.2) is 33.1 Å². The van der Waals surface area contributed by atoms with Crippen LogP contribution in [0, 0.1) is 6.92 Å². The second-order valence-corrected chi connectivity index (χ2v) is 4.95. The van der Waals surface area contributed by atoms with Crippen LogP contribution < -0.4 is 4.74 Å². The molecule has 0 fully saturated rings. The normalized spacial score (nSPS) is 11.8. The predicted octanol–water partition coefficient (Wildman–Crippen LogP) is 2.85. The molecule has 3 rings (SSSR count). The highest BCUT2D eigenvalue weighted by atomic mass is 19.4. The van der Waals surface area contributed by atoms with Crippen molar-refractivity contribution in [1.82, 2.24) is 20.3 Å². The second-order valence-electron chi connectivity index (χ2n) is 4.95. The van der Waals surface area contributed by atoms with Gasteiger partial charge in [0, 0.05) is 6.42 Å². The van der Waals surface area contributed by atoms with E-state index in [1.807, 2.05) is 31.2 Å². The van der Waals surface area contributed by atoms with Crippen LogP contribution in [0.3, 0.4) is 0 Å². The number of aryl methyl sites for hydroxylation is 1. The number of hydrogen-bond donors (Lipinski definition) is 0. The van der Waals surface area contributed by atoms with Gasteiger partial charge in [0.1, 0.15) is 5.69 Å². The SMILES string of the molecule is Cc1ccc(Cc2nc3nonc3nc2OCC(F)(F)F)cc1. The number of hydrogen-bond acceptors (Lipinski definition) is 6. The fourth-order valence-electron chi connectivity index (χ4n) is 1.94. The standard InChI is InChI=1S/C14H11F3N4O2/c1-8-2-4-9(5-3-8)6-10-13(22-7-14(15,16)17)19-12-11(18-10)20-23-21-12/h2-5H,6-7H2,1H3. The van der Waals surface area contributed by atoms with E-state index in [0.29, 0.717) is 0 Å². The van der Waals surface area contributed by atoms with Gasteiger partial charge in [0.25, 0.3) is 0 Å². The van der Waals surface area contributed by atoms with Crippen molar-refractivity contribution in [2.75, 3.05) is 6.61 Å². The Labute approximate surface area is 128 Å². The molecule has 3 aromatic rings. The summed E-state index contributed by atoms with van der Waals surface area (Å²) in [5.41, 5.74) is 2.28. The summed E-state index contributed by atoms with van der Waals surface area (Å²) >= 11 is 0. The molecule has 0 aliphatic rings. The van der Waals surface area contributed by atoms with E-state index in [4.69, 9.17) is 4.74 Å². The first kappa shape index (κ1) is 15.2. The molecular weight excluding hydrogens is 313 g/mol. The summed E-state index contributed by atoms with van der Waals surface area (Å²) in [7, 11) is 0. The van der Waals surface area contributed by atoms with Gasteiger partial charge in [0.05, 0.1) is 0 Å². The number of rotatable bonds is 4. The third-order valence-electron chi connectivity index (χ3n) is 3.01. The molecule has 0 saturated carbocycles. The van der Waals surface area contributed by atoms with Gasteiger partial charge in [0.2, 0.25) is 17.2 Å². The lowest BCUT2D eigenvalue weighted by Gasteiger charge is -2.11. The molecule has 0 aliphatic carbocycles. The number of alkyl halides is 3. The smallest absolute Gasteiger partial charge is 0.422 e. The molecule has 1 aromatic carbocycles. The van der Waals surface area contributed by atoms with Crippen molar-refractivity contribution in [2.45, 2.75) is 19.5 Å². The van der Waals surface area contributed by atoms with Crippen molar-refractivity contribution in [3.05, 3.63) is 41.1 Å². The van der Waals surface area contributed by atoms with Gasteiger partial charge in [-0.05, 0) is 22.8 Å². The molecule has 2 heterocycles. The average Bonchev–Trinajstić information content (AvgIpc) is 2.93. The minimum Gasteiger partial charge on any atom is -0.467 e. The number of halogens is 3. The zero-order valence-corrected chi connectivity index (χ0v) is 12.0. The zero-order valence-electron chi connectivity index (χ0n) is 12.0. The Hall–Kier alpha value is -2.71. The Morgan fingerprint density at radius 3 is 2.35 bits per heavy atom. The van der Waals surface area contributed by atoms with Crippen molar-refractivity contribution in [2.24, 2.45) is 0 Å². The third kappa shape index (κ3) is 3.74. The molecule has 0 radical (unpaired) electrons. The number of benzene rings is 1. The summed E-state index contributed by atoms with van der Waals surface area (Å²) < 4.78 is 46.4. The topological polar surface area (TPSA) is 73.9 Å². The summed E-state index contributed by atoms with van der Waals surface area (Å²) in [5.74, 6) is -0.230. The van der Waals surface area contributed by atoms with E-state index in [0.717, 1.165) is 11.1 Å². The summed E-state index contributed by atoms with van der Waals surface area (Å²) in [6.07, 6.45) is -4.22. The molecule has 120 valence electrons. The van der Waals surface area contributed by atoms with Crippen LogP contribution >= 0.6 is 0 Å². The van der Waals surface area contributed by atoms with E-state index >= 15 is 0 Å². The Morgan fingerprint density at radius 2 is 1.70 bits per heavy atom. The van der Waals surface area contributed by atoms with Gasteiger partial charge in [0.15, 0.2) is 6.61 Å². The minimum absolute atomic E-state index is 0.00479. The van der Waals surface area contributed by atoms with E-state index in [-0.39, 0.29) is 29.3 Å². The van der Waals surface area contributed by atoms with Crippen molar-refractivity contribution in [3.8, 4) is 5.88 Å². The fourth-order valence-corrected chi connectivity index (χ4v) is 1.94. The largest absolute Gasteiger partial charge is 0.467 e. The first-order valence-corrected chi connectivity index (χ1v) is 6.65. The molecular formula is C14H11F3N4O2. The molecule has 0 aliphatic heterocycles. The van der Waals surface area contributed by atoms with Crippen molar-refractivity contribution in [3.63, 3.8) is 0 Å². The summed E-state index contributed by atoms with van der Waals surface area (Å²) in [4.78, 5) is 8.03. The predicted molar refractivity (Wildman–Crippen MR) is 72.9 cm³/mol. The van der Waals surface area contributed by atoms with Gasteiger partial charge in [-0.15, -0.1) is 0 Å². The summed E-state index contributed by atoms with van der Waals surface area (Å²) in [6, 6.07) is 7.51. The maximum atomic E-state index is 12.4. The van der Waals surface area contributed by atoms with Gasteiger partial charge >= 0.3 is 6.18 Å². The molecule has 9 heteroatoms. The van der Waals surface area contributed by atoms with Crippen LogP contribution in [0.2, 0.25) is 0 Å². The molecule has 23 heavy (non-hydrogen) atoms. The quantitative estimate of drug-likeness (QED) is 0.735. The van der Waals surface area contributed by atoms with Crippen LogP contribution in [-0.2, 0) is 6.42 Å². The first-order valence-electron chi connectivity index (χ1n) is 6.65. The van der Waals surface area contributed by atoms with E-state index in [2.05, 4.69) is 24.9 Å². The monoisotopic (exact) mass is 324 g/mol. The zero-order chi connectivity index (χ0) is 16.4. The van der Waals surface area contributed by atoms with Gasteiger partial charge < -0.3 is 4.74 Å². The second kappa shape index (κ2) is 5.82. The molecule has 0 unspecified atom stereocenters. The number of fused-ring (bicyclic) bond motifs is 1. The van der Waals surface area contributed by atoms with Gasteiger partial charge in [-0.2, -0.15) is 18.2 Å². The van der Waals surface area contributed by atoms with Crippen LogP contribution in [0.4, 0.5) is 13.2 Å². The van der Waals surface area contributed by atoms with Crippen LogP contribution in [0.25, 0.3) is 11.3 Å². The van der Waals surface area contributed by atoms with E-state index < -0.39 is 12.8 Å². The van der Waals surface area contributed by atoms with Crippen LogP contribution in [0.15, 0.2) is 28.9 Å². The molecule has 0 bridgehead atoms. The summed E-state index contributed by atoms with van der Waals surface area (Å²) in [6.45, 7) is 0.480. The molecule has 0 atom stereocenters. The Bertz CT molecular complexity index is 815. The Balaban J connectivity index is 1.93. The van der Waals surface area contributed by atoms with Gasteiger partial charge in [-0.25, -0.2) is 9.61 Å². The number of aromatic nitrogens is 4. The highest BCUT2D eigenvalue weighted by Gasteiger charge is 2.29. The van der Waals surface area contributed by atoms with Crippen molar-refractivity contribution >= 4 is 11.3 Å². The number of nitrogens with zero attached hydrogens (tertiary/aromatic N) is 4. The minimum atomic E-state index is -4.47. The number of ether oxygens (including phenoxy) is 1. The average molecular weight is 324 g/mol. The molecule has 6 nitrogen and oxygen atoms in total. The van der Waals surface area contributed by atoms with Gasteiger partial charge in [-0.1, -0.05) is 29.8 Å². The Kier molecular flexibility index (Phi) is 3.85. The molecule has 0 amide bonds. The maximum Gasteiger partial charge on any atom is 0.422 e. The van der Waals surface area contributed by atoms with Crippen molar-refractivity contribution in [1.29, 1.82) is 0 Å². The van der Waals surface area contributed by atoms with Crippen molar-refractivity contribution < 1.29 is 22.5 Å². The van der Waals surface area contributed by atoms with Crippen LogP contribution in [0.1, 0.15) is 16.8 Å². The van der Waals surface area contributed by atoms with Gasteiger partial charge in [-0.3, -0.25) is 0 Å². The van der Waals surface area contributed by atoms with Crippen LogP contribution in [0.5, 0.6) is 5.88 Å². The molecule has 2 aromatic heterocycles. The van der Waals surface area contributed by atoms with E-state index in [1.54, 1.807) is 0 Å². The first-order chi connectivity index (χ1) is 10.9. The van der Waals surface area contributed by atoms with E-state index in [9.17, 15) is 13.2 Å². The highest BCUT2D eigenvalue weighted by molar-refractivity contribution is 5.64. The molecule has 0 saturated heterocycles. The molecule has 0 spiro atoms. The van der Waals surface area contributed by atoms with E-state index in [1.165, 1.54) is 0 Å². The third-order valence-corrected chi connectivity index (χ3v) is 3.01. The maximum absolute atomic E-state index is 12.4. The summed E-state index contributed by atoms with van der Waals surface area (Å²) in [5, 5.41) is 7.01.